The van der Waals surface area contributed by atoms with Crippen LogP contribution in [0.1, 0.15) is 0 Å². The van der Waals surface area contributed by atoms with Gasteiger partial charge in [-0.05, 0) is 0 Å². The van der Waals surface area contributed by atoms with Gasteiger partial charge in [0.15, 0.2) is 0 Å². The molecule has 0 spiro atoms. The first-order valence-electron chi connectivity index (χ1n) is 12.9. The highest BCUT2D eigenvalue weighted by atomic mass is 16.6. The Morgan fingerprint density at radius 1 is 0.447 bits per heavy atom. The largest absolute Gasteiger partial charge is 0.499 e. The molecule has 0 saturated carbocycles. The van der Waals surface area contributed by atoms with E-state index in [0.29, 0.717) is 132 Å². The fourth-order valence-corrected chi connectivity index (χ4v) is 2.38. The van der Waals surface area contributed by atoms with Gasteiger partial charge in [-0.1, -0.05) is 6.58 Å². The van der Waals surface area contributed by atoms with E-state index in [-0.39, 0.29) is 6.61 Å². The zero-order valence-electron chi connectivity index (χ0n) is 22.9. The minimum absolute atomic E-state index is 0.0690. The van der Waals surface area contributed by atoms with E-state index in [1.54, 1.807) is 0 Å². The van der Waals surface area contributed by atoms with Crippen LogP contribution in [0.5, 0.6) is 0 Å². The van der Waals surface area contributed by atoms with Gasteiger partial charge >= 0.3 is 5.97 Å². The lowest BCUT2D eigenvalue weighted by Crippen LogP contribution is -2.16. The van der Waals surface area contributed by atoms with Crippen LogP contribution in [0.4, 0.5) is 0 Å². The standard InChI is InChI=1S/C25H48O13/c1-3-28-4-5-29-6-7-30-8-9-31-10-11-32-12-13-33-14-15-34-16-17-35-18-19-36-20-21-37-22-23-38-24-25(26)27-2/h3H,1,4-24H2,2H3. The van der Waals surface area contributed by atoms with E-state index in [1.165, 1.54) is 13.4 Å². The van der Waals surface area contributed by atoms with Crippen LogP contribution < -0.4 is 0 Å². The number of esters is 1. The van der Waals surface area contributed by atoms with Crippen molar-refractivity contribution >= 4 is 5.97 Å². The molecule has 0 rings (SSSR count). The Morgan fingerprint density at radius 3 is 0.921 bits per heavy atom. The average molecular weight is 557 g/mol. The van der Waals surface area contributed by atoms with Crippen molar-refractivity contribution in [1.82, 2.24) is 0 Å². The highest BCUT2D eigenvalue weighted by molar-refractivity contribution is 5.70. The summed E-state index contributed by atoms with van der Waals surface area (Å²) in [7, 11) is 1.31. The maximum Gasteiger partial charge on any atom is 0.331 e. The highest BCUT2D eigenvalue weighted by Crippen LogP contribution is 1.87. The summed E-state index contributed by atoms with van der Waals surface area (Å²) in [6.07, 6.45) is 1.39. The molecule has 0 aliphatic rings. The number of hydrogen-bond donors (Lipinski definition) is 0. The van der Waals surface area contributed by atoms with E-state index >= 15 is 0 Å². The molecule has 13 heteroatoms. The zero-order chi connectivity index (χ0) is 27.6. The summed E-state index contributed by atoms with van der Waals surface area (Å²) in [4.78, 5) is 10.8. The molecular formula is C25H48O13. The third-order valence-corrected chi connectivity index (χ3v) is 4.26. The number of methoxy groups -OCH3 is 1. The Balaban J connectivity index is 3.04. The Bertz CT molecular complexity index is 482. The van der Waals surface area contributed by atoms with Crippen LogP contribution in [0.15, 0.2) is 12.8 Å². The molecule has 0 fully saturated rings. The predicted octanol–water partition coefficient (Wildman–Crippen LogP) is 0.486. The van der Waals surface area contributed by atoms with Gasteiger partial charge in [0.2, 0.25) is 0 Å². The van der Waals surface area contributed by atoms with Crippen molar-refractivity contribution in [1.29, 1.82) is 0 Å². The van der Waals surface area contributed by atoms with Crippen LogP contribution in [0.2, 0.25) is 0 Å². The summed E-state index contributed by atoms with van der Waals surface area (Å²) in [6.45, 7) is 13.1. The van der Waals surface area contributed by atoms with E-state index in [9.17, 15) is 4.79 Å². The zero-order valence-corrected chi connectivity index (χ0v) is 22.9. The van der Waals surface area contributed by atoms with Crippen LogP contribution in [-0.2, 0) is 61.6 Å². The van der Waals surface area contributed by atoms with Gasteiger partial charge in [0.1, 0.15) is 13.2 Å². The van der Waals surface area contributed by atoms with E-state index in [2.05, 4.69) is 11.3 Å². The fourth-order valence-electron chi connectivity index (χ4n) is 2.38. The second-order valence-corrected chi connectivity index (χ2v) is 7.18. The molecule has 0 unspecified atom stereocenters. The summed E-state index contributed by atoms with van der Waals surface area (Å²) < 4.78 is 63.0. The highest BCUT2D eigenvalue weighted by Gasteiger charge is 1.99. The molecule has 0 aromatic carbocycles. The van der Waals surface area contributed by atoms with Gasteiger partial charge in [0.25, 0.3) is 0 Å². The van der Waals surface area contributed by atoms with Gasteiger partial charge in [0, 0.05) is 0 Å². The van der Waals surface area contributed by atoms with Gasteiger partial charge < -0.3 is 56.8 Å². The maximum atomic E-state index is 10.8. The van der Waals surface area contributed by atoms with Crippen LogP contribution in [0.25, 0.3) is 0 Å². The van der Waals surface area contributed by atoms with Crippen molar-refractivity contribution in [2.24, 2.45) is 0 Å². The smallest absolute Gasteiger partial charge is 0.331 e. The summed E-state index contributed by atoms with van der Waals surface area (Å²) in [5, 5.41) is 0. The molecular weight excluding hydrogens is 508 g/mol. The molecule has 0 radical (unpaired) electrons. The fraction of sp³-hybridized carbons (Fsp3) is 0.880. The molecule has 0 aliphatic carbocycles. The van der Waals surface area contributed by atoms with Crippen LogP contribution >= 0.6 is 0 Å². The first-order chi connectivity index (χ1) is 18.8. The van der Waals surface area contributed by atoms with Gasteiger partial charge in [-0.2, -0.15) is 0 Å². The predicted molar refractivity (Wildman–Crippen MR) is 136 cm³/mol. The molecule has 0 atom stereocenters. The third-order valence-electron chi connectivity index (χ3n) is 4.26. The van der Waals surface area contributed by atoms with Crippen molar-refractivity contribution in [3.8, 4) is 0 Å². The number of carbonyl (C=O) groups is 1. The van der Waals surface area contributed by atoms with Crippen molar-refractivity contribution < 1.29 is 61.6 Å². The number of ether oxygens (including phenoxy) is 12. The number of rotatable bonds is 33. The molecule has 13 nitrogen and oxygen atoms in total. The van der Waals surface area contributed by atoms with Crippen molar-refractivity contribution in [2.75, 3.05) is 146 Å². The molecule has 0 aliphatic heterocycles. The van der Waals surface area contributed by atoms with E-state index in [0.717, 1.165) is 0 Å². The lowest BCUT2D eigenvalue weighted by Gasteiger charge is -2.09. The van der Waals surface area contributed by atoms with Crippen molar-refractivity contribution in [3.05, 3.63) is 12.8 Å². The lowest BCUT2D eigenvalue weighted by atomic mass is 10.6. The molecule has 0 heterocycles. The second kappa shape index (κ2) is 33.6. The average Bonchev–Trinajstić information content (AvgIpc) is 2.93. The molecule has 0 aromatic heterocycles. The molecule has 0 N–H and O–H groups in total. The topological polar surface area (TPSA) is 128 Å². The summed E-state index contributed by atoms with van der Waals surface area (Å²) in [6, 6.07) is 0. The Labute approximate surface area is 226 Å². The summed E-state index contributed by atoms with van der Waals surface area (Å²) in [5.74, 6) is -0.407. The van der Waals surface area contributed by atoms with Gasteiger partial charge in [-0.25, -0.2) is 4.79 Å². The number of hydrogen-bond acceptors (Lipinski definition) is 13. The van der Waals surface area contributed by atoms with Crippen LogP contribution in [-0.4, -0.2) is 152 Å². The van der Waals surface area contributed by atoms with Gasteiger partial charge in [-0.3, -0.25) is 0 Å². The van der Waals surface area contributed by atoms with Crippen LogP contribution in [0, 0.1) is 0 Å². The van der Waals surface area contributed by atoms with Gasteiger partial charge in [0.05, 0.1) is 139 Å². The van der Waals surface area contributed by atoms with E-state index in [1.807, 2.05) is 0 Å². The Morgan fingerprint density at radius 2 is 0.684 bits per heavy atom. The quantitative estimate of drug-likeness (QED) is 0.0632. The molecule has 0 amide bonds. The Hall–Kier alpha value is -1.39. The van der Waals surface area contributed by atoms with Crippen molar-refractivity contribution in [3.63, 3.8) is 0 Å². The van der Waals surface area contributed by atoms with E-state index < -0.39 is 5.97 Å². The molecule has 226 valence electrons. The van der Waals surface area contributed by atoms with Crippen molar-refractivity contribution in [2.45, 2.75) is 0 Å². The lowest BCUT2D eigenvalue weighted by molar-refractivity contribution is -0.146. The number of carbonyl (C=O) groups excluding carboxylic acids is 1. The second-order valence-electron chi connectivity index (χ2n) is 7.18. The van der Waals surface area contributed by atoms with Gasteiger partial charge in [-0.15, -0.1) is 0 Å². The van der Waals surface area contributed by atoms with Crippen LogP contribution in [0.3, 0.4) is 0 Å². The molecule has 0 bridgehead atoms. The first kappa shape index (κ1) is 36.6. The van der Waals surface area contributed by atoms with E-state index in [4.69, 9.17) is 52.1 Å². The minimum atomic E-state index is -0.407. The molecule has 0 aromatic rings. The molecule has 0 saturated heterocycles. The third kappa shape index (κ3) is 32.6. The SMILES string of the molecule is C=COCCOCCOCCOCCOCCOCCOCCOCCOCCOCCOCC(=O)OC. The first-order valence-corrected chi connectivity index (χ1v) is 12.9. The summed E-state index contributed by atoms with van der Waals surface area (Å²) in [5.41, 5.74) is 0. The normalized spacial score (nSPS) is 11.1. The summed E-state index contributed by atoms with van der Waals surface area (Å²) >= 11 is 0. The maximum absolute atomic E-state index is 10.8. The molecule has 38 heavy (non-hydrogen) atoms. The monoisotopic (exact) mass is 556 g/mol. The minimum Gasteiger partial charge on any atom is -0.499 e. The Kier molecular flexibility index (Phi) is 32.4.